The molecule has 5 heteroatoms. The summed E-state index contributed by atoms with van der Waals surface area (Å²) in [5.41, 5.74) is 4.59. The second-order valence-corrected chi connectivity index (χ2v) is 9.05. The molecule has 1 aliphatic carbocycles. The standard InChI is InChI=1S/C25H25ClO4/c1-14-12-15(2)21(16(3)20(14)18-4-6-19(26)7-5-18)22-23(28)25(30-24(22)29)10-8-17(13-27)9-11-25/h4-7,12-13,17,22H,8-11H2,1-3H3. The zero-order valence-electron chi connectivity index (χ0n) is 17.5. The first-order valence-corrected chi connectivity index (χ1v) is 10.7. The predicted molar refractivity (Wildman–Crippen MR) is 116 cm³/mol. The molecule has 4 nitrogen and oxygen atoms in total. The van der Waals surface area contributed by atoms with Crippen LogP contribution in [-0.4, -0.2) is 23.6 Å². The highest BCUT2D eigenvalue weighted by Gasteiger charge is 2.57. The third kappa shape index (κ3) is 3.27. The largest absolute Gasteiger partial charge is 0.450 e. The van der Waals surface area contributed by atoms with Crippen LogP contribution in [0.1, 0.15) is 53.9 Å². The lowest BCUT2D eigenvalue weighted by atomic mass is 9.73. The average Bonchev–Trinajstić information content (AvgIpc) is 2.94. The molecule has 0 bridgehead atoms. The van der Waals surface area contributed by atoms with Crippen molar-refractivity contribution in [3.05, 3.63) is 57.6 Å². The number of benzene rings is 2. The van der Waals surface area contributed by atoms with E-state index in [-0.39, 0.29) is 11.7 Å². The van der Waals surface area contributed by atoms with Crippen LogP contribution in [-0.2, 0) is 19.1 Å². The molecule has 156 valence electrons. The molecule has 0 N–H and O–H groups in total. The number of rotatable bonds is 3. The molecule has 1 heterocycles. The average molecular weight is 425 g/mol. The molecule has 0 radical (unpaired) electrons. The molecule has 1 atom stereocenters. The van der Waals surface area contributed by atoms with E-state index in [1.165, 1.54) is 0 Å². The SMILES string of the molecule is Cc1cc(C)c(C2C(=O)OC3(CCC(C=O)CC3)C2=O)c(C)c1-c1ccc(Cl)cc1. The van der Waals surface area contributed by atoms with E-state index in [0.29, 0.717) is 30.7 Å². The number of Topliss-reactive ketones (excluding diaryl/α,β-unsaturated/α-hetero) is 1. The van der Waals surface area contributed by atoms with Crippen LogP contribution in [0.4, 0.5) is 0 Å². The summed E-state index contributed by atoms with van der Waals surface area (Å²) < 4.78 is 5.74. The number of aryl methyl sites for hydroxylation is 2. The fourth-order valence-corrected chi connectivity index (χ4v) is 5.34. The lowest BCUT2D eigenvalue weighted by Gasteiger charge is -2.32. The Hall–Kier alpha value is -2.46. The molecule has 2 aromatic rings. The van der Waals surface area contributed by atoms with Crippen molar-refractivity contribution in [1.82, 2.24) is 0 Å². The molecule has 2 fully saturated rings. The zero-order valence-corrected chi connectivity index (χ0v) is 18.2. The van der Waals surface area contributed by atoms with Crippen LogP contribution in [0.5, 0.6) is 0 Å². The summed E-state index contributed by atoms with van der Waals surface area (Å²) in [5, 5.41) is 0.656. The summed E-state index contributed by atoms with van der Waals surface area (Å²) in [6.45, 7) is 5.94. The number of esters is 1. The van der Waals surface area contributed by atoms with Crippen molar-refractivity contribution in [2.75, 3.05) is 0 Å². The van der Waals surface area contributed by atoms with Gasteiger partial charge in [0.2, 0.25) is 0 Å². The summed E-state index contributed by atoms with van der Waals surface area (Å²) in [4.78, 5) is 37.6. The van der Waals surface area contributed by atoms with Gasteiger partial charge in [-0.3, -0.25) is 9.59 Å². The lowest BCUT2D eigenvalue weighted by Crippen LogP contribution is -2.41. The fraction of sp³-hybridized carbons (Fsp3) is 0.400. The van der Waals surface area contributed by atoms with Crippen LogP contribution in [0.3, 0.4) is 0 Å². The molecule has 1 saturated heterocycles. The molecule has 30 heavy (non-hydrogen) atoms. The normalized spacial score (nSPS) is 26.1. The van der Waals surface area contributed by atoms with Crippen LogP contribution < -0.4 is 0 Å². The van der Waals surface area contributed by atoms with Gasteiger partial charge in [0.1, 0.15) is 12.2 Å². The first kappa shape index (κ1) is 20.8. The fourth-order valence-electron chi connectivity index (χ4n) is 5.22. The Labute approximate surface area is 181 Å². The molecule has 4 rings (SSSR count). The van der Waals surface area contributed by atoms with Crippen LogP contribution >= 0.6 is 11.6 Å². The Morgan fingerprint density at radius 2 is 1.67 bits per heavy atom. The second-order valence-electron chi connectivity index (χ2n) is 8.62. The van der Waals surface area contributed by atoms with E-state index in [1.54, 1.807) is 0 Å². The lowest BCUT2D eigenvalue weighted by molar-refractivity contribution is -0.156. The van der Waals surface area contributed by atoms with Crippen molar-refractivity contribution in [1.29, 1.82) is 0 Å². The first-order valence-electron chi connectivity index (χ1n) is 10.4. The summed E-state index contributed by atoms with van der Waals surface area (Å²) in [6, 6.07) is 9.61. The number of hydrogen-bond acceptors (Lipinski definition) is 4. The molecule has 0 amide bonds. The van der Waals surface area contributed by atoms with Crippen LogP contribution in [0.2, 0.25) is 5.02 Å². The topological polar surface area (TPSA) is 60.4 Å². The van der Waals surface area contributed by atoms with E-state index < -0.39 is 17.5 Å². The summed E-state index contributed by atoms with van der Waals surface area (Å²) in [6.07, 6.45) is 2.95. The maximum absolute atomic E-state index is 13.5. The van der Waals surface area contributed by atoms with Gasteiger partial charge in [-0.05, 0) is 92.0 Å². The molecular formula is C25H25ClO4. The van der Waals surface area contributed by atoms with E-state index in [4.69, 9.17) is 16.3 Å². The van der Waals surface area contributed by atoms with E-state index >= 15 is 0 Å². The van der Waals surface area contributed by atoms with E-state index in [9.17, 15) is 14.4 Å². The van der Waals surface area contributed by atoms with Gasteiger partial charge in [0.25, 0.3) is 0 Å². The van der Waals surface area contributed by atoms with Gasteiger partial charge in [-0.25, -0.2) is 0 Å². The predicted octanol–water partition coefficient (Wildman–Crippen LogP) is 5.27. The monoisotopic (exact) mass is 424 g/mol. The van der Waals surface area contributed by atoms with Gasteiger partial charge < -0.3 is 9.53 Å². The highest BCUT2D eigenvalue weighted by Crippen LogP contribution is 2.47. The van der Waals surface area contributed by atoms with Gasteiger partial charge >= 0.3 is 5.97 Å². The first-order chi connectivity index (χ1) is 14.3. The van der Waals surface area contributed by atoms with Crippen molar-refractivity contribution in [2.45, 2.75) is 58.0 Å². The summed E-state index contributed by atoms with van der Waals surface area (Å²) in [5.74, 6) is -1.60. The van der Waals surface area contributed by atoms with Crippen molar-refractivity contribution in [2.24, 2.45) is 5.92 Å². The van der Waals surface area contributed by atoms with Crippen LogP contribution in [0.15, 0.2) is 30.3 Å². The smallest absolute Gasteiger partial charge is 0.322 e. The molecule has 2 aromatic carbocycles. The minimum absolute atomic E-state index is 0.0551. The van der Waals surface area contributed by atoms with Gasteiger partial charge in [0, 0.05) is 10.9 Å². The van der Waals surface area contributed by atoms with Crippen molar-refractivity contribution < 1.29 is 19.1 Å². The van der Waals surface area contributed by atoms with Crippen LogP contribution in [0, 0.1) is 26.7 Å². The second kappa shape index (κ2) is 7.66. The number of ether oxygens (including phenoxy) is 1. The van der Waals surface area contributed by atoms with Gasteiger partial charge in [-0.2, -0.15) is 0 Å². The van der Waals surface area contributed by atoms with Gasteiger partial charge in [0.15, 0.2) is 11.4 Å². The highest BCUT2D eigenvalue weighted by molar-refractivity contribution is 6.30. The van der Waals surface area contributed by atoms with Gasteiger partial charge in [-0.15, -0.1) is 0 Å². The van der Waals surface area contributed by atoms with Crippen molar-refractivity contribution in [3.8, 4) is 11.1 Å². The molecule has 1 aliphatic heterocycles. The zero-order chi connectivity index (χ0) is 21.6. The highest BCUT2D eigenvalue weighted by atomic mass is 35.5. The number of hydrogen-bond donors (Lipinski definition) is 0. The van der Waals surface area contributed by atoms with Crippen molar-refractivity contribution in [3.63, 3.8) is 0 Å². The Bertz CT molecular complexity index is 1030. The maximum atomic E-state index is 13.5. The molecule has 0 aromatic heterocycles. The van der Waals surface area contributed by atoms with E-state index in [1.807, 2.05) is 51.1 Å². The maximum Gasteiger partial charge on any atom is 0.322 e. The minimum atomic E-state index is -1.08. The van der Waals surface area contributed by atoms with Gasteiger partial charge in [0.05, 0.1) is 0 Å². The van der Waals surface area contributed by atoms with E-state index in [0.717, 1.165) is 39.7 Å². The molecular weight excluding hydrogens is 400 g/mol. The third-order valence-corrected chi connectivity index (χ3v) is 6.98. The molecule has 2 aliphatic rings. The summed E-state index contributed by atoms with van der Waals surface area (Å²) in [7, 11) is 0. The Balaban J connectivity index is 1.78. The number of aldehydes is 1. The quantitative estimate of drug-likeness (QED) is 0.382. The Morgan fingerprint density at radius 3 is 2.27 bits per heavy atom. The summed E-state index contributed by atoms with van der Waals surface area (Å²) >= 11 is 6.05. The molecule has 1 spiro atoms. The number of halogens is 1. The molecule has 1 unspecified atom stereocenters. The molecule has 1 saturated carbocycles. The Morgan fingerprint density at radius 1 is 1.03 bits per heavy atom. The van der Waals surface area contributed by atoms with Gasteiger partial charge in [-0.1, -0.05) is 29.8 Å². The number of carbonyl (C=O) groups is 3. The number of ketones is 1. The minimum Gasteiger partial charge on any atom is -0.450 e. The van der Waals surface area contributed by atoms with Crippen molar-refractivity contribution >= 4 is 29.6 Å². The van der Waals surface area contributed by atoms with E-state index in [2.05, 4.69) is 0 Å². The Kier molecular flexibility index (Phi) is 5.31. The number of carbonyl (C=O) groups excluding carboxylic acids is 3. The third-order valence-electron chi connectivity index (χ3n) is 6.73. The van der Waals surface area contributed by atoms with Crippen LogP contribution in [0.25, 0.3) is 11.1 Å².